The molecule has 0 radical (unpaired) electrons. The zero-order valence-corrected chi connectivity index (χ0v) is 9.90. The first-order chi connectivity index (χ1) is 7.74. The molecule has 90 valence electrons. The van der Waals surface area contributed by atoms with Crippen LogP contribution in [0, 0.1) is 0 Å². The lowest BCUT2D eigenvalue weighted by molar-refractivity contribution is 0.289. The topological polar surface area (TPSA) is 70.5 Å². The molecule has 0 amide bonds. The summed E-state index contributed by atoms with van der Waals surface area (Å²) in [5, 5.41) is 0. The van der Waals surface area contributed by atoms with Crippen LogP contribution in [0.2, 0.25) is 0 Å². The van der Waals surface area contributed by atoms with Crippen LogP contribution in [-0.2, 0) is 0 Å². The van der Waals surface area contributed by atoms with Crippen LogP contribution in [0.25, 0.3) is 0 Å². The molecule has 0 spiro atoms. The van der Waals surface area contributed by atoms with Gasteiger partial charge in [-0.25, -0.2) is 0 Å². The molecule has 0 aromatic heterocycles. The molecule has 0 bridgehead atoms. The fraction of sp³-hybridized carbons (Fsp3) is 0.500. The second-order valence-corrected chi connectivity index (χ2v) is 3.57. The standard InChI is InChI=1S/C12H20N2O2/c1-3-7-16-12-9(10(14)8-13)5-4-6-11(12)15-2/h4-6,10H,3,7-8,13-14H2,1-2H3/t10-/m1/s1. The molecule has 4 heteroatoms. The molecule has 1 aromatic rings. The fourth-order valence-corrected chi connectivity index (χ4v) is 1.47. The predicted molar refractivity (Wildman–Crippen MR) is 64.8 cm³/mol. The molecule has 1 rings (SSSR count). The SMILES string of the molecule is CCCOc1c(OC)cccc1[C@H](N)CN. The Bertz CT molecular complexity index is 329. The maximum absolute atomic E-state index is 5.93. The predicted octanol–water partition coefficient (Wildman–Crippen LogP) is 1.44. The molecule has 1 aromatic carbocycles. The van der Waals surface area contributed by atoms with Crippen molar-refractivity contribution in [2.24, 2.45) is 11.5 Å². The molecule has 4 nitrogen and oxygen atoms in total. The van der Waals surface area contributed by atoms with Crippen molar-refractivity contribution in [3.63, 3.8) is 0 Å². The van der Waals surface area contributed by atoms with E-state index in [-0.39, 0.29) is 6.04 Å². The Balaban J connectivity index is 3.04. The third-order valence-electron chi connectivity index (χ3n) is 2.33. The van der Waals surface area contributed by atoms with Gasteiger partial charge in [-0.2, -0.15) is 0 Å². The Hall–Kier alpha value is -1.26. The maximum Gasteiger partial charge on any atom is 0.165 e. The van der Waals surface area contributed by atoms with Crippen LogP contribution in [0.15, 0.2) is 18.2 Å². The van der Waals surface area contributed by atoms with Gasteiger partial charge in [-0.3, -0.25) is 0 Å². The molecule has 16 heavy (non-hydrogen) atoms. The third kappa shape index (κ3) is 2.87. The minimum Gasteiger partial charge on any atom is -0.493 e. The molecular formula is C12H20N2O2. The zero-order valence-electron chi connectivity index (χ0n) is 9.90. The quantitative estimate of drug-likeness (QED) is 0.767. The van der Waals surface area contributed by atoms with Crippen molar-refractivity contribution in [2.45, 2.75) is 19.4 Å². The molecular weight excluding hydrogens is 204 g/mol. The van der Waals surface area contributed by atoms with Gasteiger partial charge in [0.05, 0.1) is 13.7 Å². The van der Waals surface area contributed by atoms with Gasteiger partial charge in [0.25, 0.3) is 0 Å². The Morgan fingerprint density at radius 1 is 1.38 bits per heavy atom. The molecule has 0 heterocycles. The van der Waals surface area contributed by atoms with Crippen LogP contribution in [-0.4, -0.2) is 20.3 Å². The van der Waals surface area contributed by atoms with Crippen LogP contribution >= 0.6 is 0 Å². The Kier molecular flexibility index (Phi) is 5.08. The van der Waals surface area contributed by atoms with E-state index in [9.17, 15) is 0 Å². The van der Waals surface area contributed by atoms with Gasteiger partial charge in [-0.15, -0.1) is 0 Å². The lowest BCUT2D eigenvalue weighted by Crippen LogP contribution is -2.21. The highest BCUT2D eigenvalue weighted by molar-refractivity contribution is 5.48. The van der Waals surface area contributed by atoms with Crippen molar-refractivity contribution in [1.82, 2.24) is 0 Å². The summed E-state index contributed by atoms with van der Waals surface area (Å²) in [4.78, 5) is 0. The second-order valence-electron chi connectivity index (χ2n) is 3.57. The molecule has 0 aliphatic heterocycles. The van der Waals surface area contributed by atoms with Gasteiger partial charge < -0.3 is 20.9 Å². The third-order valence-corrected chi connectivity index (χ3v) is 2.33. The van der Waals surface area contributed by atoms with Crippen LogP contribution in [0.5, 0.6) is 11.5 Å². The summed E-state index contributed by atoms with van der Waals surface area (Å²) < 4.78 is 10.9. The molecule has 0 unspecified atom stereocenters. The number of hydrogen-bond donors (Lipinski definition) is 2. The summed E-state index contributed by atoms with van der Waals surface area (Å²) in [6, 6.07) is 5.45. The number of benzene rings is 1. The van der Waals surface area contributed by atoms with E-state index in [2.05, 4.69) is 6.92 Å². The molecule has 0 fully saturated rings. The highest BCUT2D eigenvalue weighted by Crippen LogP contribution is 2.33. The number of rotatable bonds is 6. The minimum atomic E-state index is -0.220. The van der Waals surface area contributed by atoms with Gasteiger partial charge in [-0.1, -0.05) is 19.1 Å². The first-order valence-corrected chi connectivity index (χ1v) is 5.49. The van der Waals surface area contributed by atoms with Crippen LogP contribution in [0.4, 0.5) is 0 Å². The molecule has 0 saturated heterocycles. The first kappa shape index (κ1) is 12.8. The summed E-state index contributed by atoms with van der Waals surface area (Å²) in [6.45, 7) is 3.08. The Morgan fingerprint density at radius 2 is 2.12 bits per heavy atom. The summed E-state index contributed by atoms with van der Waals surface area (Å²) in [5.74, 6) is 1.42. The van der Waals surface area contributed by atoms with E-state index in [1.165, 1.54) is 0 Å². The van der Waals surface area contributed by atoms with Crippen LogP contribution in [0.1, 0.15) is 24.9 Å². The van der Waals surface area contributed by atoms with E-state index < -0.39 is 0 Å². The summed E-state index contributed by atoms with van der Waals surface area (Å²) in [6.07, 6.45) is 0.940. The monoisotopic (exact) mass is 224 g/mol. The van der Waals surface area contributed by atoms with Crippen LogP contribution in [0.3, 0.4) is 0 Å². The first-order valence-electron chi connectivity index (χ1n) is 5.49. The van der Waals surface area contributed by atoms with Crippen molar-refractivity contribution >= 4 is 0 Å². The second kappa shape index (κ2) is 6.35. The van der Waals surface area contributed by atoms with Gasteiger partial charge in [-0.05, 0) is 12.5 Å². The number of para-hydroxylation sites is 1. The smallest absolute Gasteiger partial charge is 0.165 e. The van der Waals surface area contributed by atoms with E-state index in [4.69, 9.17) is 20.9 Å². The summed E-state index contributed by atoms with van der Waals surface area (Å²) in [7, 11) is 1.62. The van der Waals surface area contributed by atoms with E-state index in [0.717, 1.165) is 12.0 Å². The normalized spacial score (nSPS) is 12.2. The van der Waals surface area contributed by atoms with E-state index in [1.54, 1.807) is 7.11 Å². The van der Waals surface area contributed by atoms with Gasteiger partial charge >= 0.3 is 0 Å². The largest absolute Gasteiger partial charge is 0.493 e. The average Bonchev–Trinajstić information content (AvgIpc) is 2.34. The van der Waals surface area contributed by atoms with Crippen molar-refractivity contribution in [2.75, 3.05) is 20.3 Å². The number of methoxy groups -OCH3 is 1. The van der Waals surface area contributed by atoms with E-state index in [1.807, 2.05) is 18.2 Å². The van der Waals surface area contributed by atoms with Crippen LogP contribution < -0.4 is 20.9 Å². The maximum atomic E-state index is 5.93. The van der Waals surface area contributed by atoms with Gasteiger partial charge in [0, 0.05) is 18.2 Å². The fourth-order valence-electron chi connectivity index (χ4n) is 1.47. The number of nitrogens with two attached hydrogens (primary N) is 2. The van der Waals surface area contributed by atoms with Crippen molar-refractivity contribution in [1.29, 1.82) is 0 Å². The Morgan fingerprint density at radius 3 is 2.69 bits per heavy atom. The average molecular weight is 224 g/mol. The number of ether oxygens (including phenoxy) is 2. The lowest BCUT2D eigenvalue weighted by Gasteiger charge is -2.17. The highest BCUT2D eigenvalue weighted by atomic mass is 16.5. The lowest BCUT2D eigenvalue weighted by atomic mass is 10.1. The highest BCUT2D eigenvalue weighted by Gasteiger charge is 2.15. The minimum absolute atomic E-state index is 0.220. The van der Waals surface area contributed by atoms with Crippen molar-refractivity contribution < 1.29 is 9.47 Å². The molecule has 0 aliphatic carbocycles. The number of hydrogen-bond acceptors (Lipinski definition) is 4. The van der Waals surface area contributed by atoms with Gasteiger partial charge in [0.1, 0.15) is 0 Å². The molecule has 4 N–H and O–H groups in total. The van der Waals surface area contributed by atoms with E-state index >= 15 is 0 Å². The summed E-state index contributed by atoms with van der Waals surface area (Å²) in [5.41, 5.74) is 12.4. The molecule has 0 aliphatic rings. The molecule has 0 saturated carbocycles. The summed E-state index contributed by atoms with van der Waals surface area (Å²) >= 11 is 0. The Labute approximate surface area is 96.5 Å². The van der Waals surface area contributed by atoms with Crippen molar-refractivity contribution in [3.8, 4) is 11.5 Å². The van der Waals surface area contributed by atoms with Gasteiger partial charge in [0.2, 0.25) is 0 Å². The molecule has 1 atom stereocenters. The van der Waals surface area contributed by atoms with Gasteiger partial charge in [0.15, 0.2) is 11.5 Å². The van der Waals surface area contributed by atoms with E-state index in [0.29, 0.717) is 24.7 Å². The van der Waals surface area contributed by atoms with Crippen molar-refractivity contribution in [3.05, 3.63) is 23.8 Å². The zero-order chi connectivity index (χ0) is 12.0.